The highest BCUT2D eigenvalue weighted by Gasteiger charge is 2.23. The largest absolute Gasteiger partial charge is 0.497 e. The molecule has 0 N–H and O–H groups in total. The van der Waals surface area contributed by atoms with Crippen molar-refractivity contribution in [2.75, 3.05) is 32.5 Å². The summed E-state index contributed by atoms with van der Waals surface area (Å²) < 4.78 is 23.1. The molecule has 27 heavy (non-hydrogen) atoms. The Labute approximate surface area is 172 Å². The molecule has 1 aliphatic rings. The third-order valence-corrected chi connectivity index (χ3v) is 7.37. The van der Waals surface area contributed by atoms with E-state index < -0.39 is 0 Å². The van der Waals surface area contributed by atoms with Gasteiger partial charge in [0.15, 0.2) is 0 Å². The fourth-order valence-corrected chi connectivity index (χ4v) is 5.93. The van der Waals surface area contributed by atoms with Gasteiger partial charge in [0, 0.05) is 13.5 Å². The van der Waals surface area contributed by atoms with Gasteiger partial charge in [-0.1, -0.05) is 18.2 Å². The fourth-order valence-electron chi connectivity index (χ4n) is 2.93. The third kappa shape index (κ3) is 8.92. The Hall–Kier alpha value is -0.660. The molecule has 1 aromatic carbocycles. The minimum absolute atomic E-state index is 0.0712. The number of hydrogen-bond acceptors (Lipinski definition) is 6. The molecule has 0 aliphatic carbocycles. The van der Waals surface area contributed by atoms with E-state index >= 15 is 0 Å². The number of methoxy groups -OCH3 is 2. The molecule has 0 unspecified atom stereocenters. The van der Waals surface area contributed by atoms with Crippen LogP contribution in [0.3, 0.4) is 0 Å². The van der Waals surface area contributed by atoms with Crippen LogP contribution in [0, 0.1) is 0 Å². The van der Waals surface area contributed by atoms with Crippen molar-refractivity contribution in [2.24, 2.45) is 0 Å². The zero-order valence-electron chi connectivity index (χ0n) is 16.4. The maximum Gasteiger partial charge on any atom is 0.146 e. The van der Waals surface area contributed by atoms with Gasteiger partial charge in [-0.25, -0.2) is 0 Å². The Morgan fingerprint density at radius 2 is 1.85 bits per heavy atom. The molecule has 4 nitrogen and oxygen atoms in total. The maximum atomic E-state index is 6.34. The molecule has 1 saturated heterocycles. The standard InChI is InChI=1S/C21H32O4S2/c1-4-6-19(25-16-22-2)13-20(14-21-26-11-5-12-27-21)24-15-17-7-9-18(23-3)10-8-17/h4,7-10,19-21H,1,5-6,11-16H2,2-3H3/t19-,20-/m0/s1. The lowest BCUT2D eigenvalue weighted by molar-refractivity contribution is -0.0914. The lowest BCUT2D eigenvalue weighted by Crippen LogP contribution is -2.27. The predicted octanol–water partition coefficient (Wildman–Crippen LogP) is 5.12. The summed E-state index contributed by atoms with van der Waals surface area (Å²) in [5, 5.41) is 0. The van der Waals surface area contributed by atoms with Crippen molar-refractivity contribution >= 4 is 23.5 Å². The third-order valence-electron chi connectivity index (χ3n) is 4.37. The summed E-state index contributed by atoms with van der Waals surface area (Å²) in [5.74, 6) is 3.36. The van der Waals surface area contributed by atoms with E-state index in [0.29, 0.717) is 18.0 Å². The summed E-state index contributed by atoms with van der Waals surface area (Å²) in [6.45, 7) is 4.76. The molecule has 1 fully saturated rings. The number of ether oxygens (including phenoxy) is 4. The van der Waals surface area contributed by atoms with Gasteiger partial charge in [0.25, 0.3) is 0 Å². The van der Waals surface area contributed by atoms with E-state index in [1.165, 1.54) is 17.9 Å². The lowest BCUT2D eigenvalue weighted by atomic mass is 10.1. The van der Waals surface area contributed by atoms with Crippen LogP contribution in [0.25, 0.3) is 0 Å². The smallest absolute Gasteiger partial charge is 0.146 e. The van der Waals surface area contributed by atoms with Crippen LogP contribution in [0.15, 0.2) is 36.9 Å². The molecule has 0 spiro atoms. The molecule has 1 aromatic rings. The van der Waals surface area contributed by atoms with Crippen molar-refractivity contribution in [3.05, 3.63) is 42.5 Å². The first-order chi connectivity index (χ1) is 13.2. The van der Waals surface area contributed by atoms with E-state index in [0.717, 1.165) is 30.6 Å². The van der Waals surface area contributed by atoms with Crippen molar-refractivity contribution in [1.29, 1.82) is 0 Å². The van der Waals surface area contributed by atoms with Crippen LogP contribution in [0.1, 0.15) is 31.2 Å². The number of rotatable bonds is 13. The van der Waals surface area contributed by atoms with Gasteiger partial charge in [-0.05, 0) is 48.5 Å². The van der Waals surface area contributed by atoms with Gasteiger partial charge < -0.3 is 18.9 Å². The normalized spacial score (nSPS) is 17.4. The Morgan fingerprint density at radius 3 is 2.48 bits per heavy atom. The second-order valence-electron chi connectivity index (χ2n) is 6.50. The highest BCUT2D eigenvalue weighted by molar-refractivity contribution is 8.17. The minimum Gasteiger partial charge on any atom is -0.497 e. The summed E-state index contributed by atoms with van der Waals surface area (Å²) in [7, 11) is 3.33. The maximum absolute atomic E-state index is 6.34. The molecule has 1 aliphatic heterocycles. The molecular weight excluding hydrogens is 380 g/mol. The van der Waals surface area contributed by atoms with E-state index in [1.807, 2.05) is 18.2 Å². The zero-order chi connectivity index (χ0) is 19.3. The second kappa shape index (κ2) is 13.5. The van der Waals surface area contributed by atoms with Gasteiger partial charge in [0.05, 0.1) is 30.5 Å². The average molecular weight is 413 g/mol. The van der Waals surface area contributed by atoms with E-state index in [2.05, 4.69) is 42.2 Å². The second-order valence-corrected chi connectivity index (χ2v) is 9.42. The minimum atomic E-state index is 0.0712. The SMILES string of the molecule is C=CC[C@@H](C[C@@H](CC1SCCCS1)OCc1ccc(OC)cc1)OCOC. The van der Waals surface area contributed by atoms with Crippen molar-refractivity contribution in [3.8, 4) is 5.75 Å². The van der Waals surface area contributed by atoms with E-state index in [-0.39, 0.29) is 12.2 Å². The van der Waals surface area contributed by atoms with Crippen LogP contribution in [0.2, 0.25) is 0 Å². The Bertz CT molecular complexity index is 517. The molecule has 0 aromatic heterocycles. The highest BCUT2D eigenvalue weighted by Crippen LogP contribution is 2.35. The lowest BCUT2D eigenvalue weighted by Gasteiger charge is -2.28. The average Bonchev–Trinajstić information content (AvgIpc) is 2.71. The summed E-state index contributed by atoms with van der Waals surface area (Å²) in [5.41, 5.74) is 1.16. The number of thioether (sulfide) groups is 2. The van der Waals surface area contributed by atoms with Gasteiger partial charge in [-0.15, -0.1) is 30.1 Å². The first kappa shape index (κ1) is 22.6. The summed E-state index contributed by atoms with van der Waals surface area (Å²) >= 11 is 4.11. The Balaban J connectivity index is 1.94. The monoisotopic (exact) mass is 412 g/mol. The van der Waals surface area contributed by atoms with Crippen LogP contribution < -0.4 is 4.74 Å². The van der Waals surface area contributed by atoms with Crippen molar-refractivity contribution in [1.82, 2.24) is 0 Å². The summed E-state index contributed by atoms with van der Waals surface area (Å²) in [6, 6.07) is 8.07. The quantitative estimate of drug-likeness (QED) is 0.330. The van der Waals surface area contributed by atoms with Crippen LogP contribution in [0.4, 0.5) is 0 Å². The van der Waals surface area contributed by atoms with Gasteiger partial charge in [-0.3, -0.25) is 0 Å². The Morgan fingerprint density at radius 1 is 1.11 bits per heavy atom. The van der Waals surface area contributed by atoms with Gasteiger partial charge in [0.2, 0.25) is 0 Å². The van der Waals surface area contributed by atoms with E-state index in [1.54, 1.807) is 14.2 Å². The van der Waals surface area contributed by atoms with Gasteiger partial charge in [0.1, 0.15) is 12.5 Å². The van der Waals surface area contributed by atoms with E-state index in [4.69, 9.17) is 18.9 Å². The molecule has 2 rings (SSSR count). The van der Waals surface area contributed by atoms with Gasteiger partial charge in [-0.2, -0.15) is 0 Å². The molecule has 152 valence electrons. The number of hydrogen-bond donors (Lipinski definition) is 0. The van der Waals surface area contributed by atoms with Crippen molar-refractivity contribution in [3.63, 3.8) is 0 Å². The molecule has 6 heteroatoms. The topological polar surface area (TPSA) is 36.9 Å². The molecular formula is C21H32O4S2. The fraction of sp³-hybridized carbons (Fsp3) is 0.619. The molecule has 2 atom stereocenters. The van der Waals surface area contributed by atoms with Crippen molar-refractivity contribution < 1.29 is 18.9 Å². The van der Waals surface area contributed by atoms with Crippen LogP contribution in [-0.2, 0) is 20.8 Å². The summed E-state index contributed by atoms with van der Waals surface area (Å²) in [6.07, 6.45) is 6.12. The predicted molar refractivity (Wildman–Crippen MR) is 116 cm³/mol. The van der Waals surface area contributed by atoms with Crippen LogP contribution >= 0.6 is 23.5 Å². The van der Waals surface area contributed by atoms with Crippen molar-refractivity contribution in [2.45, 2.75) is 49.1 Å². The first-order valence-corrected chi connectivity index (χ1v) is 11.5. The molecule has 0 amide bonds. The molecule has 0 saturated carbocycles. The molecule has 1 heterocycles. The Kier molecular flexibility index (Phi) is 11.3. The van der Waals surface area contributed by atoms with Crippen LogP contribution in [-0.4, -0.2) is 49.3 Å². The highest BCUT2D eigenvalue weighted by atomic mass is 32.2. The van der Waals surface area contributed by atoms with Gasteiger partial charge >= 0.3 is 0 Å². The molecule has 0 radical (unpaired) electrons. The van der Waals surface area contributed by atoms with Crippen LogP contribution in [0.5, 0.6) is 5.75 Å². The first-order valence-electron chi connectivity index (χ1n) is 9.44. The summed E-state index contributed by atoms with van der Waals surface area (Å²) in [4.78, 5) is 0. The number of benzene rings is 1. The zero-order valence-corrected chi connectivity index (χ0v) is 18.1. The molecule has 0 bridgehead atoms. The van der Waals surface area contributed by atoms with E-state index in [9.17, 15) is 0 Å².